The lowest BCUT2D eigenvalue weighted by Gasteiger charge is -2.18. The monoisotopic (exact) mass is 204 g/mol. The SMILES string of the molecule is CC(O)C1=C(Br)CCCC1. The third kappa shape index (κ3) is 1.83. The van der Waals surface area contributed by atoms with Crippen LogP contribution in [-0.2, 0) is 0 Å². The molecule has 1 rings (SSSR count). The largest absolute Gasteiger partial charge is 0.389 e. The Morgan fingerprint density at radius 2 is 2.00 bits per heavy atom. The molecule has 58 valence electrons. The highest BCUT2D eigenvalue weighted by molar-refractivity contribution is 9.11. The van der Waals surface area contributed by atoms with Crippen LogP contribution in [0, 0.1) is 0 Å². The van der Waals surface area contributed by atoms with Gasteiger partial charge in [0, 0.05) is 0 Å². The van der Waals surface area contributed by atoms with Gasteiger partial charge in [0.05, 0.1) is 6.10 Å². The number of allylic oxidation sites excluding steroid dienone is 1. The van der Waals surface area contributed by atoms with Crippen LogP contribution in [0.25, 0.3) is 0 Å². The molecule has 1 unspecified atom stereocenters. The van der Waals surface area contributed by atoms with Gasteiger partial charge in [-0.1, -0.05) is 15.9 Å². The minimum absolute atomic E-state index is 0.255. The number of rotatable bonds is 1. The summed E-state index contributed by atoms with van der Waals surface area (Å²) in [5.41, 5.74) is 1.20. The molecule has 0 spiro atoms. The minimum Gasteiger partial charge on any atom is -0.389 e. The lowest BCUT2D eigenvalue weighted by Crippen LogP contribution is -2.09. The van der Waals surface area contributed by atoms with Crippen LogP contribution >= 0.6 is 15.9 Å². The lowest BCUT2D eigenvalue weighted by molar-refractivity contribution is 0.223. The number of aliphatic hydroxyl groups is 1. The standard InChI is InChI=1S/C8H13BrO/c1-6(10)7-4-2-3-5-8(7)9/h6,10H,2-5H2,1H3. The molecule has 0 radical (unpaired) electrons. The molecule has 0 aromatic rings. The van der Waals surface area contributed by atoms with Gasteiger partial charge in [-0.15, -0.1) is 0 Å². The van der Waals surface area contributed by atoms with E-state index in [0.717, 1.165) is 12.8 Å². The van der Waals surface area contributed by atoms with Crippen molar-refractivity contribution in [3.63, 3.8) is 0 Å². The van der Waals surface area contributed by atoms with Crippen LogP contribution in [0.1, 0.15) is 32.6 Å². The van der Waals surface area contributed by atoms with Gasteiger partial charge in [0.15, 0.2) is 0 Å². The van der Waals surface area contributed by atoms with Crippen molar-refractivity contribution in [2.75, 3.05) is 0 Å². The highest BCUT2D eigenvalue weighted by Crippen LogP contribution is 2.30. The van der Waals surface area contributed by atoms with Crippen LogP contribution in [0.3, 0.4) is 0 Å². The molecular weight excluding hydrogens is 192 g/mol. The fourth-order valence-corrected chi connectivity index (χ4v) is 2.14. The van der Waals surface area contributed by atoms with Crippen LogP contribution in [0.15, 0.2) is 10.1 Å². The molecule has 0 fully saturated rings. The van der Waals surface area contributed by atoms with E-state index in [-0.39, 0.29) is 6.10 Å². The van der Waals surface area contributed by atoms with Crippen molar-refractivity contribution in [1.82, 2.24) is 0 Å². The van der Waals surface area contributed by atoms with Crippen molar-refractivity contribution in [2.45, 2.75) is 38.7 Å². The summed E-state index contributed by atoms with van der Waals surface area (Å²) in [6, 6.07) is 0. The highest BCUT2D eigenvalue weighted by atomic mass is 79.9. The number of hydrogen-bond donors (Lipinski definition) is 1. The molecule has 1 atom stereocenters. The lowest BCUT2D eigenvalue weighted by atomic mass is 9.96. The Hall–Kier alpha value is 0.180. The zero-order valence-corrected chi connectivity index (χ0v) is 7.82. The average Bonchev–Trinajstić information content (AvgIpc) is 1.88. The molecule has 0 bridgehead atoms. The van der Waals surface area contributed by atoms with Crippen molar-refractivity contribution in [3.05, 3.63) is 10.1 Å². The first-order valence-corrected chi connectivity index (χ1v) is 4.56. The molecule has 1 N–H and O–H groups in total. The molecule has 0 amide bonds. The van der Waals surface area contributed by atoms with Gasteiger partial charge >= 0.3 is 0 Å². The number of hydrogen-bond acceptors (Lipinski definition) is 1. The van der Waals surface area contributed by atoms with Gasteiger partial charge in [-0.05, 0) is 42.7 Å². The number of halogens is 1. The highest BCUT2D eigenvalue weighted by Gasteiger charge is 2.13. The quantitative estimate of drug-likeness (QED) is 0.697. The summed E-state index contributed by atoms with van der Waals surface area (Å²) < 4.78 is 1.23. The van der Waals surface area contributed by atoms with E-state index in [4.69, 9.17) is 0 Å². The molecule has 10 heavy (non-hydrogen) atoms. The summed E-state index contributed by atoms with van der Waals surface area (Å²) >= 11 is 3.47. The van der Waals surface area contributed by atoms with Crippen LogP contribution in [0.4, 0.5) is 0 Å². The first-order valence-electron chi connectivity index (χ1n) is 3.77. The van der Waals surface area contributed by atoms with Crippen LogP contribution < -0.4 is 0 Å². The Morgan fingerprint density at radius 3 is 2.40 bits per heavy atom. The molecule has 0 saturated carbocycles. The van der Waals surface area contributed by atoms with Gasteiger partial charge in [-0.3, -0.25) is 0 Å². The molecule has 1 aliphatic carbocycles. The second-order valence-electron chi connectivity index (χ2n) is 2.81. The third-order valence-corrected chi connectivity index (χ3v) is 2.85. The molecule has 0 aliphatic heterocycles. The van der Waals surface area contributed by atoms with Gasteiger partial charge in [0.2, 0.25) is 0 Å². The average molecular weight is 205 g/mol. The summed E-state index contributed by atoms with van der Waals surface area (Å²) in [4.78, 5) is 0. The summed E-state index contributed by atoms with van der Waals surface area (Å²) in [6.45, 7) is 1.84. The van der Waals surface area contributed by atoms with E-state index >= 15 is 0 Å². The smallest absolute Gasteiger partial charge is 0.0732 e. The van der Waals surface area contributed by atoms with Gasteiger partial charge in [0.1, 0.15) is 0 Å². The first-order chi connectivity index (χ1) is 4.72. The van der Waals surface area contributed by atoms with Crippen molar-refractivity contribution in [3.8, 4) is 0 Å². The minimum atomic E-state index is -0.255. The maximum absolute atomic E-state index is 9.26. The van der Waals surface area contributed by atoms with E-state index in [1.165, 1.54) is 22.9 Å². The summed E-state index contributed by atoms with van der Waals surface area (Å²) in [6.07, 6.45) is 4.42. The van der Waals surface area contributed by atoms with Gasteiger partial charge in [-0.25, -0.2) is 0 Å². The van der Waals surface area contributed by atoms with E-state index in [1.807, 2.05) is 6.92 Å². The van der Waals surface area contributed by atoms with Crippen LogP contribution in [0.5, 0.6) is 0 Å². The topological polar surface area (TPSA) is 20.2 Å². The molecule has 0 aromatic carbocycles. The van der Waals surface area contributed by atoms with E-state index < -0.39 is 0 Å². The fourth-order valence-electron chi connectivity index (χ4n) is 1.33. The predicted octanol–water partition coefficient (Wildman–Crippen LogP) is 2.59. The molecular formula is C8H13BrO. The molecule has 2 heteroatoms. The van der Waals surface area contributed by atoms with Gasteiger partial charge < -0.3 is 5.11 Å². The molecule has 0 aromatic heterocycles. The van der Waals surface area contributed by atoms with Gasteiger partial charge in [-0.2, -0.15) is 0 Å². The third-order valence-electron chi connectivity index (χ3n) is 1.95. The fraction of sp³-hybridized carbons (Fsp3) is 0.750. The first kappa shape index (κ1) is 8.28. The van der Waals surface area contributed by atoms with Crippen molar-refractivity contribution < 1.29 is 5.11 Å². The van der Waals surface area contributed by atoms with Crippen molar-refractivity contribution >= 4 is 15.9 Å². The van der Waals surface area contributed by atoms with Crippen molar-refractivity contribution in [1.29, 1.82) is 0 Å². The van der Waals surface area contributed by atoms with E-state index in [9.17, 15) is 5.11 Å². The van der Waals surface area contributed by atoms with E-state index in [1.54, 1.807) is 0 Å². The van der Waals surface area contributed by atoms with Crippen LogP contribution in [-0.4, -0.2) is 11.2 Å². The molecule has 1 nitrogen and oxygen atoms in total. The molecule has 0 saturated heterocycles. The van der Waals surface area contributed by atoms with E-state index in [0.29, 0.717) is 0 Å². The Bertz CT molecular complexity index is 149. The van der Waals surface area contributed by atoms with E-state index in [2.05, 4.69) is 15.9 Å². The van der Waals surface area contributed by atoms with Crippen molar-refractivity contribution in [2.24, 2.45) is 0 Å². The predicted molar refractivity (Wildman–Crippen MR) is 46.1 cm³/mol. The molecule has 0 heterocycles. The zero-order chi connectivity index (χ0) is 7.56. The second-order valence-corrected chi connectivity index (χ2v) is 3.77. The second kappa shape index (κ2) is 3.54. The molecule has 1 aliphatic rings. The Labute approximate surface area is 70.3 Å². The Morgan fingerprint density at radius 1 is 1.40 bits per heavy atom. The Kier molecular flexibility index (Phi) is 2.93. The van der Waals surface area contributed by atoms with Gasteiger partial charge in [0.25, 0.3) is 0 Å². The van der Waals surface area contributed by atoms with Crippen LogP contribution in [0.2, 0.25) is 0 Å². The maximum Gasteiger partial charge on any atom is 0.0732 e. The summed E-state index contributed by atoms with van der Waals surface area (Å²) in [5.74, 6) is 0. The summed E-state index contributed by atoms with van der Waals surface area (Å²) in [7, 11) is 0. The number of aliphatic hydroxyl groups excluding tert-OH is 1. The summed E-state index contributed by atoms with van der Waals surface area (Å²) in [5, 5.41) is 9.26. The Balaban J connectivity index is 2.68. The zero-order valence-electron chi connectivity index (χ0n) is 6.23. The normalized spacial score (nSPS) is 23.1. The maximum atomic E-state index is 9.26.